The van der Waals surface area contributed by atoms with Crippen molar-refractivity contribution in [2.24, 2.45) is 5.92 Å². The summed E-state index contributed by atoms with van der Waals surface area (Å²) in [6.45, 7) is 5.74. The molecule has 0 bridgehead atoms. The molecule has 2 rings (SSSR count). The van der Waals surface area contributed by atoms with Crippen molar-refractivity contribution in [1.82, 2.24) is 10.2 Å². The van der Waals surface area contributed by atoms with Crippen molar-refractivity contribution in [3.63, 3.8) is 0 Å². The maximum Gasteiger partial charge on any atom is 0.253 e. The molecule has 1 aromatic rings. The minimum absolute atomic E-state index is 0.107. The van der Waals surface area contributed by atoms with Crippen molar-refractivity contribution >= 4 is 23.4 Å². The first-order valence-electron chi connectivity index (χ1n) is 7.93. The maximum atomic E-state index is 12.6. The summed E-state index contributed by atoms with van der Waals surface area (Å²) in [7, 11) is 0. The summed E-state index contributed by atoms with van der Waals surface area (Å²) in [5.41, 5.74) is 1.16. The van der Waals surface area contributed by atoms with E-state index in [-0.39, 0.29) is 23.8 Å². The van der Waals surface area contributed by atoms with E-state index in [0.717, 1.165) is 0 Å². The minimum atomic E-state index is -1.07. The van der Waals surface area contributed by atoms with E-state index in [1.54, 1.807) is 29.2 Å². The fourth-order valence-corrected chi connectivity index (χ4v) is 2.71. The Labute approximate surface area is 141 Å². The van der Waals surface area contributed by atoms with E-state index in [9.17, 15) is 19.5 Å². The highest BCUT2D eigenvalue weighted by Gasteiger charge is 2.34. The van der Waals surface area contributed by atoms with Gasteiger partial charge < -0.3 is 20.6 Å². The Bertz CT molecular complexity index is 627. The van der Waals surface area contributed by atoms with Crippen LogP contribution in [-0.2, 0) is 9.59 Å². The van der Waals surface area contributed by atoms with E-state index >= 15 is 0 Å². The van der Waals surface area contributed by atoms with Crippen molar-refractivity contribution in [2.45, 2.75) is 32.9 Å². The molecule has 7 nitrogen and oxygen atoms in total. The van der Waals surface area contributed by atoms with Gasteiger partial charge in [0, 0.05) is 31.3 Å². The molecule has 3 amide bonds. The summed E-state index contributed by atoms with van der Waals surface area (Å²) in [6, 6.07) is 6.52. The van der Waals surface area contributed by atoms with Crippen molar-refractivity contribution in [1.29, 1.82) is 0 Å². The number of hydrogen-bond donors (Lipinski definition) is 3. The standard InChI is InChI=1S/C17H23N3O4/c1-10-8-20(9-15(10)19-16(23)11(2)21)17(24)13-4-6-14(7-5-13)18-12(3)22/h4-7,10-11,15,21H,8-9H2,1-3H3,(H,18,22)(H,19,23). The van der Waals surface area contributed by atoms with Gasteiger partial charge in [-0.1, -0.05) is 6.92 Å². The molecule has 0 radical (unpaired) electrons. The lowest BCUT2D eigenvalue weighted by atomic mass is 10.1. The van der Waals surface area contributed by atoms with Gasteiger partial charge in [0.1, 0.15) is 6.10 Å². The lowest BCUT2D eigenvalue weighted by Gasteiger charge is -2.18. The second-order valence-electron chi connectivity index (χ2n) is 6.24. The largest absolute Gasteiger partial charge is 0.384 e. The van der Waals surface area contributed by atoms with Crippen LogP contribution in [0.15, 0.2) is 24.3 Å². The minimum Gasteiger partial charge on any atom is -0.384 e. The van der Waals surface area contributed by atoms with E-state index in [1.165, 1.54) is 13.8 Å². The van der Waals surface area contributed by atoms with Crippen molar-refractivity contribution in [2.75, 3.05) is 18.4 Å². The summed E-state index contributed by atoms with van der Waals surface area (Å²) in [5, 5.41) is 14.7. The zero-order valence-electron chi connectivity index (χ0n) is 14.1. The average Bonchev–Trinajstić information content (AvgIpc) is 2.87. The first kappa shape index (κ1) is 17.9. The van der Waals surface area contributed by atoms with E-state index in [4.69, 9.17) is 0 Å². The quantitative estimate of drug-likeness (QED) is 0.751. The van der Waals surface area contributed by atoms with Gasteiger partial charge >= 0.3 is 0 Å². The summed E-state index contributed by atoms with van der Waals surface area (Å²) in [6.07, 6.45) is -1.07. The second-order valence-corrected chi connectivity index (χ2v) is 6.24. The molecule has 1 aliphatic heterocycles. The van der Waals surface area contributed by atoms with Gasteiger partial charge in [-0.25, -0.2) is 0 Å². The number of likely N-dealkylation sites (tertiary alicyclic amines) is 1. The number of anilines is 1. The van der Waals surface area contributed by atoms with Crippen molar-refractivity contribution in [3.8, 4) is 0 Å². The lowest BCUT2D eigenvalue weighted by molar-refractivity contribution is -0.129. The van der Waals surface area contributed by atoms with Crippen LogP contribution in [0.2, 0.25) is 0 Å². The normalized spacial score (nSPS) is 21.2. The first-order valence-corrected chi connectivity index (χ1v) is 7.93. The van der Waals surface area contributed by atoms with E-state index in [0.29, 0.717) is 24.3 Å². The average molecular weight is 333 g/mol. The molecule has 1 aliphatic rings. The van der Waals surface area contributed by atoms with Crippen LogP contribution >= 0.6 is 0 Å². The van der Waals surface area contributed by atoms with Gasteiger partial charge in [0.15, 0.2) is 0 Å². The van der Waals surface area contributed by atoms with Gasteiger partial charge in [0.2, 0.25) is 11.8 Å². The Morgan fingerprint density at radius 1 is 1.21 bits per heavy atom. The monoisotopic (exact) mass is 333 g/mol. The Kier molecular flexibility index (Phi) is 5.56. The molecule has 3 unspecified atom stereocenters. The third-order valence-electron chi connectivity index (χ3n) is 4.06. The number of amides is 3. The zero-order valence-corrected chi connectivity index (χ0v) is 14.1. The molecular weight excluding hydrogens is 310 g/mol. The number of aliphatic hydroxyl groups is 1. The highest BCUT2D eigenvalue weighted by molar-refractivity contribution is 5.95. The number of carbonyl (C=O) groups is 3. The van der Waals surface area contributed by atoms with Gasteiger partial charge in [-0.15, -0.1) is 0 Å². The Balaban J connectivity index is 2.00. The Morgan fingerprint density at radius 2 is 1.83 bits per heavy atom. The molecule has 3 atom stereocenters. The predicted molar refractivity (Wildman–Crippen MR) is 89.4 cm³/mol. The highest BCUT2D eigenvalue weighted by Crippen LogP contribution is 2.20. The molecule has 1 heterocycles. The molecule has 7 heteroatoms. The SMILES string of the molecule is CC(=O)Nc1ccc(C(=O)N2CC(C)C(NC(=O)C(C)O)C2)cc1. The fourth-order valence-electron chi connectivity index (χ4n) is 2.71. The number of carbonyl (C=O) groups excluding carboxylic acids is 3. The van der Waals surface area contributed by atoms with Crippen LogP contribution < -0.4 is 10.6 Å². The molecule has 24 heavy (non-hydrogen) atoms. The number of nitrogens with zero attached hydrogens (tertiary/aromatic N) is 1. The molecule has 1 saturated heterocycles. The first-order chi connectivity index (χ1) is 11.3. The van der Waals surface area contributed by atoms with Gasteiger partial charge in [0.25, 0.3) is 5.91 Å². The van der Waals surface area contributed by atoms with Crippen LogP contribution in [-0.4, -0.2) is 53.0 Å². The summed E-state index contributed by atoms with van der Waals surface area (Å²) in [4.78, 5) is 36.9. The topological polar surface area (TPSA) is 98.7 Å². The van der Waals surface area contributed by atoms with Gasteiger partial charge in [-0.05, 0) is 37.1 Å². The smallest absolute Gasteiger partial charge is 0.253 e. The molecular formula is C17H23N3O4. The number of hydrogen-bond acceptors (Lipinski definition) is 4. The van der Waals surface area contributed by atoms with Crippen molar-refractivity contribution < 1.29 is 19.5 Å². The molecule has 0 aromatic heterocycles. The third-order valence-corrected chi connectivity index (χ3v) is 4.06. The Hall–Kier alpha value is -2.41. The number of aliphatic hydroxyl groups excluding tert-OH is 1. The van der Waals surface area contributed by atoms with Gasteiger partial charge in [-0.2, -0.15) is 0 Å². The lowest BCUT2D eigenvalue weighted by Crippen LogP contribution is -2.44. The number of nitrogens with one attached hydrogen (secondary N) is 2. The van der Waals surface area contributed by atoms with Crippen LogP contribution in [0.3, 0.4) is 0 Å². The predicted octanol–water partition coefficient (Wildman–Crippen LogP) is 0.603. The molecule has 130 valence electrons. The Morgan fingerprint density at radius 3 is 2.38 bits per heavy atom. The third kappa shape index (κ3) is 4.32. The summed E-state index contributed by atoms with van der Waals surface area (Å²) in [5.74, 6) is -0.611. The summed E-state index contributed by atoms with van der Waals surface area (Å²) >= 11 is 0. The van der Waals surface area contributed by atoms with Gasteiger partial charge in [0.05, 0.1) is 6.04 Å². The number of rotatable bonds is 4. The molecule has 0 saturated carbocycles. The van der Waals surface area contributed by atoms with Crippen LogP contribution in [0.25, 0.3) is 0 Å². The molecule has 1 fully saturated rings. The number of benzene rings is 1. The van der Waals surface area contributed by atoms with Crippen LogP contribution in [0.4, 0.5) is 5.69 Å². The van der Waals surface area contributed by atoms with E-state index in [1.807, 2.05) is 6.92 Å². The molecule has 0 spiro atoms. The summed E-state index contributed by atoms with van der Waals surface area (Å²) < 4.78 is 0. The van der Waals surface area contributed by atoms with E-state index < -0.39 is 12.0 Å². The maximum absolute atomic E-state index is 12.6. The molecule has 0 aliphatic carbocycles. The van der Waals surface area contributed by atoms with Crippen molar-refractivity contribution in [3.05, 3.63) is 29.8 Å². The molecule has 3 N–H and O–H groups in total. The van der Waals surface area contributed by atoms with Crippen LogP contribution in [0.1, 0.15) is 31.1 Å². The van der Waals surface area contributed by atoms with Crippen LogP contribution in [0.5, 0.6) is 0 Å². The van der Waals surface area contributed by atoms with Crippen LogP contribution in [0, 0.1) is 5.92 Å². The zero-order chi connectivity index (χ0) is 17.9. The van der Waals surface area contributed by atoms with E-state index in [2.05, 4.69) is 10.6 Å². The fraction of sp³-hybridized carbons (Fsp3) is 0.471. The highest BCUT2D eigenvalue weighted by atomic mass is 16.3. The second kappa shape index (κ2) is 7.44. The van der Waals surface area contributed by atoms with Gasteiger partial charge in [-0.3, -0.25) is 14.4 Å². The molecule has 1 aromatic carbocycles.